The number of rotatable bonds is 3. The molecule has 1 N–H and O–H groups in total. The zero-order chi connectivity index (χ0) is 13.8. The first-order valence-electron chi connectivity index (χ1n) is 5.78. The first kappa shape index (κ1) is 13.6. The number of hydrogen-bond donors (Lipinski definition) is 1. The summed E-state index contributed by atoms with van der Waals surface area (Å²) in [6.07, 6.45) is 0. The van der Waals surface area contributed by atoms with Crippen LogP contribution >= 0.6 is 15.9 Å². The summed E-state index contributed by atoms with van der Waals surface area (Å²) in [5.74, 6) is -0.366. The average Bonchev–Trinajstić information content (AvgIpc) is 2.39. The van der Waals surface area contributed by atoms with Crippen LogP contribution in [0.2, 0.25) is 0 Å². The molecule has 0 aromatic heterocycles. The maximum Gasteiger partial charge on any atom is 0.129 e. The molecule has 0 heterocycles. The van der Waals surface area contributed by atoms with Crippen molar-refractivity contribution in [2.45, 2.75) is 13.5 Å². The molecule has 0 bridgehead atoms. The Labute approximate surface area is 120 Å². The fourth-order valence-electron chi connectivity index (χ4n) is 1.71. The van der Waals surface area contributed by atoms with E-state index < -0.39 is 0 Å². The molecule has 0 saturated carbocycles. The van der Waals surface area contributed by atoms with Crippen LogP contribution < -0.4 is 5.32 Å². The standard InChI is InChI=1S/C15H12BrFN2/c1-10-2-5-15(13(16)6-10)19-9-12-4-3-11(8-18)7-14(12)17/h2-7,19H,9H2,1H3. The van der Waals surface area contributed by atoms with Crippen LogP contribution in [0, 0.1) is 24.1 Å². The second-order valence-corrected chi connectivity index (χ2v) is 5.11. The van der Waals surface area contributed by atoms with E-state index >= 15 is 0 Å². The van der Waals surface area contributed by atoms with Crippen LogP contribution in [0.3, 0.4) is 0 Å². The Kier molecular flexibility index (Phi) is 4.18. The third kappa shape index (κ3) is 3.33. The second kappa shape index (κ2) is 5.85. The second-order valence-electron chi connectivity index (χ2n) is 4.25. The molecule has 0 spiro atoms. The zero-order valence-electron chi connectivity index (χ0n) is 10.4. The van der Waals surface area contributed by atoms with E-state index in [0.717, 1.165) is 15.7 Å². The summed E-state index contributed by atoms with van der Waals surface area (Å²) in [5, 5.41) is 11.8. The normalized spacial score (nSPS) is 10.0. The maximum absolute atomic E-state index is 13.7. The number of anilines is 1. The lowest BCUT2D eigenvalue weighted by molar-refractivity contribution is 0.612. The lowest BCUT2D eigenvalue weighted by Gasteiger charge is -2.10. The molecule has 0 aliphatic heterocycles. The highest BCUT2D eigenvalue weighted by atomic mass is 79.9. The van der Waals surface area contributed by atoms with E-state index in [9.17, 15) is 4.39 Å². The molecule has 0 radical (unpaired) electrons. The molecule has 19 heavy (non-hydrogen) atoms. The molecule has 0 aliphatic carbocycles. The molecule has 2 aromatic rings. The van der Waals surface area contributed by atoms with Gasteiger partial charge in [0.2, 0.25) is 0 Å². The first-order valence-corrected chi connectivity index (χ1v) is 6.58. The molecule has 96 valence electrons. The van der Waals surface area contributed by atoms with Gasteiger partial charge in [0.15, 0.2) is 0 Å². The zero-order valence-corrected chi connectivity index (χ0v) is 12.0. The van der Waals surface area contributed by atoms with Crippen LogP contribution in [0.25, 0.3) is 0 Å². The maximum atomic E-state index is 13.7. The minimum atomic E-state index is -0.366. The minimum absolute atomic E-state index is 0.331. The van der Waals surface area contributed by atoms with E-state index in [-0.39, 0.29) is 5.82 Å². The van der Waals surface area contributed by atoms with Crippen molar-refractivity contribution in [1.82, 2.24) is 0 Å². The average molecular weight is 319 g/mol. The Bertz CT molecular complexity index is 647. The van der Waals surface area contributed by atoms with Gasteiger partial charge < -0.3 is 5.32 Å². The molecular weight excluding hydrogens is 307 g/mol. The monoisotopic (exact) mass is 318 g/mol. The number of nitrogens with one attached hydrogen (secondary N) is 1. The Hall–Kier alpha value is -1.86. The number of halogens is 2. The number of nitriles is 1. The summed E-state index contributed by atoms with van der Waals surface area (Å²) in [7, 11) is 0. The van der Waals surface area contributed by atoms with Gasteiger partial charge in [-0.2, -0.15) is 5.26 Å². The summed E-state index contributed by atoms with van der Waals surface area (Å²) in [6, 6.07) is 12.3. The minimum Gasteiger partial charge on any atom is -0.380 e. The Morgan fingerprint density at radius 1 is 1.26 bits per heavy atom. The summed E-state index contributed by atoms with van der Waals surface area (Å²) >= 11 is 3.46. The molecule has 2 aromatic carbocycles. The van der Waals surface area contributed by atoms with E-state index in [4.69, 9.17) is 5.26 Å². The third-order valence-electron chi connectivity index (χ3n) is 2.78. The van der Waals surface area contributed by atoms with Crippen LogP contribution in [0.15, 0.2) is 40.9 Å². The highest BCUT2D eigenvalue weighted by Crippen LogP contribution is 2.24. The topological polar surface area (TPSA) is 35.8 Å². The van der Waals surface area contributed by atoms with Crippen molar-refractivity contribution >= 4 is 21.6 Å². The van der Waals surface area contributed by atoms with Gasteiger partial charge in [0, 0.05) is 22.3 Å². The Morgan fingerprint density at radius 2 is 2.05 bits per heavy atom. The van der Waals surface area contributed by atoms with E-state index in [2.05, 4.69) is 21.2 Å². The Balaban J connectivity index is 2.13. The number of aryl methyl sites for hydroxylation is 1. The molecule has 0 unspecified atom stereocenters. The molecule has 2 nitrogen and oxygen atoms in total. The van der Waals surface area contributed by atoms with Gasteiger partial charge >= 0.3 is 0 Å². The van der Waals surface area contributed by atoms with Gasteiger partial charge in [0.25, 0.3) is 0 Å². The van der Waals surface area contributed by atoms with E-state index in [1.54, 1.807) is 12.1 Å². The molecule has 2 rings (SSSR count). The smallest absolute Gasteiger partial charge is 0.129 e. The Morgan fingerprint density at radius 3 is 2.68 bits per heavy atom. The molecule has 0 amide bonds. The first-order chi connectivity index (χ1) is 9.10. The van der Waals surface area contributed by atoms with Crippen molar-refractivity contribution < 1.29 is 4.39 Å². The van der Waals surface area contributed by atoms with Crippen LogP contribution in [0.1, 0.15) is 16.7 Å². The van der Waals surface area contributed by atoms with Gasteiger partial charge in [-0.15, -0.1) is 0 Å². The van der Waals surface area contributed by atoms with Crippen molar-refractivity contribution in [3.05, 3.63) is 63.4 Å². The van der Waals surface area contributed by atoms with Crippen molar-refractivity contribution in [1.29, 1.82) is 5.26 Å². The molecular formula is C15H12BrFN2. The molecule has 0 fully saturated rings. The predicted molar refractivity (Wildman–Crippen MR) is 77.3 cm³/mol. The molecule has 0 atom stereocenters. The third-order valence-corrected chi connectivity index (χ3v) is 3.43. The molecule has 0 saturated heterocycles. The fraction of sp³-hybridized carbons (Fsp3) is 0.133. The van der Waals surface area contributed by atoms with Crippen LogP contribution in [0.4, 0.5) is 10.1 Å². The van der Waals surface area contributed by atoms with Crippen LogP contribution in [0.5, 0.6) is 0 Å². The van der Waals surface area contributed by atoms with E-state index in [1.807, 2.05) is 31.2 Å². The van der Waals surface area contributed by atoms with Crippen molar-refractivity contribution in [3.63, 3.8) is 0 Å². The molecule has 4 heteroatoms. The highest BCUT2D eigenvalue weighted by Gasteiger charge is 2.05. The van der Waals surface area contributed by atoms with Crippen molar-refractivity contribution in [3.8, 4) is 6.07 Å². The van der Waals surface area contributed by atoms with E-state index in [0.29, 0.717) is 17.7 Å². The lowest BCUT2D eigenvalue weighted by Crippen LogP contribution is -2.02. The van der Waals surface area contributed by atoms with Crippen molar-refractivity contribution in [2.24, 2.45) is 0 Å². The summed E-state index contributed by atoms with van der Waals surface area (Å²) in [5.41, 5.74) is 2.93. The quantitative estimate of drug-likeness (QED) is 0.911. The molecule has 0 aliphatic rings. The predicted octanol–water partition coefficient (Wildman–Crippen LogP) is 4.38. The van der Waals surface area contributed by atoms with Gasteiger partial charge in [0.05, 0.1) is 11.6 Å². The van der Waals surface area contributed by atoms with Crippen LogP contribution in [-0.2, 0) is 6.54 Å². The largest absolute Gasteiger partial charge is 0.380 e. The fourth-order valence-corrected chi connectivity index (χ4v) is 2.35. The highest BCUT2D eigenvalue weighted by molar-refractivity contribution is 9.10. The summed E-state index contributed by atoms with van der Waals surface area (Å²) < 4.78 is 14.6. The summed E-state index contributed by atoms with van der Waals surface area (Å²) in [4.78, 5) is 0. The van der Waals surface area contributed by atoms with E-state index in [1.165, 1.54) is 6.07 Å². The number of benzene rings is 2. The number of nitrogens with zero attached hydrogens (tertiary/aromatic N) is 1. The van der Waals surface area contributed by atoms with Crippen molar-refractivity contribution in [2.75, 3.05) is 5.32 Å². The van der Waals surface area contributed by atoms with Gasteiger partial charge in [-0.25, -0.2) is 4.39 Å². The van der Waals surface area contributed by atoms with Gasteiger partial charge in [-0.05, 0) is 52.7 Å². The summed E-state index contributed by atoms with van der Waals surface area (Å²) in [6.45, 7) is 2.38. The van der Waals surface area contributed by atoms with Crippen LogP contribution in [-0.4, -0.2) is 0 Å². The number of hydrogen-bond acceptors (Lipinski definition) is 2. The SMILES string of the molecule is Cc1ccc(NCc2ccc(C#N)cc2F)c(Br)c1. The van der Waals surface area contributed by atoms with Gasteiger partial charge in [-0.3, -0.25) is 0 Å². The van der Waals surface area contributed by atoms with Gasteiger partial charge in [-0.1, -0.05) is 12.1 Å². The van der Waals surface area contributed by atoms with Gasteiger partial charge in [0.1, 0.15) is 5.82 Å². The lowest BCUT2D eigenvalue weighted by atomic mass is 10.1.